The van der Waals surface area contributed by atoms with Gasteiger partial charge in [0.25, 0.3) is 11.6 Å². The van der Waals surface area contributed by atoms with Gasteiger partial charge in [-0.05, 0) is 102 Å². The van der Waals surface area contributed by atoms with Crippen LogP contribution in [0.3, 0.4) is 0 Å². The number of hydrogen-bond acceptors (Lipinski definition) is 15. The Hall–Kier alpha value is -12.8. The minimum absolute atomic E-state index is 0.0417. The SMILES string of the molecule is Cc1ccc(C#N)cn1.Cc1cccc(C#N)n1.Cc1nc(F)cc(F)n1.Cc1nc(F)nc(F)n1.[C-]#[N+]c1cccnc1C.[C-]#[N+]c1ccnc([N+]#[C-])c1C.[C-]#[N+]c1cncc([N+]#[C-])c1C.[C-]#[N+]c1cncnc1C.[C-]#[N+]c1ncccc1C. The van der Waals surface area contributed by atoms with Crippen molar-refractivity contribution in [3.8, 4) is 12.1 Å². The fraction of sp³-hybridized carbons (Fsp3) is 0.153. The van der Waals surface area contributed by atoms with Gasteiger partial charge >= 0.3 is 12.2 Å². The maximum atomic E-state index is 12.0. The standard InChI is InChI=1S/2C8H5N3.4C7H6N2.C6H5N3.C5H4F2N2.C4H3F2N3/c1-6-7(9-2)4-11-5-8(6)10-3;1-6-7(9-2)4-5-11-8(6)10-3;1-6-7(8-2)4-3-5-9-6;1-6-4-3-5-9-7(6)8-2;1-6-2-3-7(4-8)5-9-6;1-6-3-2-4-7(5-8)9-6;1-5-6(7-2)3-8-4-9-5;1-3-8-4(6)2-5(7)9-3;1-2-7-3(5)9-4(6)8-2/h2*4-5H,1H3;2*3-5H,1H3;2-3,5H,1H3;2-4H,1H3;3-4H,1H3;2H,1H3;1H3. The number of aryl methyl sites for hydroxylation is 7. The van der Waals surface area contributed by atoms with Crippen molar-refractivity contribution in [2.45, 2.75) is 62.3 Å². The van der Waals surface area contributed by atoms with Crippen molar-refractivity contribution in [3.05, 3.63) is 283 Å². The van der Waals surface area contributed by atoms with Gasteiger partial charge in [0.05, 0.1) is 38.4 Å². The van der Waals surface area contributed by atoms with Crippen LogP contribution in [-0.2, 0) is 0 Å². The van der Waals surface area contributed by atoms with E-state index < -0.39 is 24.1 Å². The molecule has 0 saturated heterocycles. The topological polar surface area (TPSA) is 246 Å². The van der Waals surface area contributed by atoms with Crippen LogP contribution in [0.1, 0.15) is 62.4 Å². The fourth-order valence-electron chi connectivity index (χ4n) is 5.21. The van der Waals surface area contributed by atoms with Crippen LogP contribution in [0.2, 0.25) is 0 Å². The fourth-order valence-corrected chi connectivity index (χ4v) is 5.21. The summed E-state index contributed by atoms with van der Waals surface area (Å²) >= 11 is 0. The van der Waals surface area contributed by atoms with Gasteiger partial charge in [0.1, 0.15) is 48.2 Å². The first-order valence-electron chi connectivity index (χ1n) is 23.6. The molecule has 0 unspecified atom stereocenters. The van der Waals surface area contributed by atoms with Gasteiger partial charge in [-0.1, -0.05) is 51.3 Å². The van der Waals surface area contributed by atoms with E-state index in [1.165, 1.54) is 45.0 Å². The molecule has 0 fully saturated rings. The quantitative estimate of drug-likeness (QED) is 0.0778. The molecule has 420 valence electrons. The average Bonchev–Trinajstić information content (AvgIpc) is 3.61. The van der Waals surface area contributed by atoms with Gasteiger partial charge in [-0.2, -0.15) is 43.0 Å². The van der Waals surface area contributed by atoms with E-state index in [-0.39, 0.29) is 11.6 Å². The second kappa shape index (κ2) is 39.5. The van der Waals surface area contributed by atoms with Crippen LogP contribution in [-0.4, -0.2) is 64.8 Å². The summed E-state index contributed by atoms with van der Waals surface area (Å²) in [6.07, 6.45) is 10.1. The normalized spacial score (nSPS) is 8.66. The zero-order valence-electron chi connectivity index (χ0n) is 46.8. The second-order valence-electron chi connectivity index (χ2n) is 15.7. The maximum Gasteiger partial charge on any atom is 0.314 e. The Balaban J connectivity index is 0.000000479. The summed E-state index contributed by atoms with van der Waals surface area (Å²) in [4.78, 5) is 68.6. The lowest BCUT2D eigenvalue weighted by molar-refractivity contribution is 0.448. The van der Waals surface area contributed by atoms with Crippen molar-refractivity contribution in [1.82, 2.24) is 64.8 Å². The number of halogens is 4. The predicted molar refractivity (Wildman–Crippen MR) is 305 cm³/mol. The van der Waals surface area contributed by atoms with Crippen molar-refractivity contribution in [3.63, 3.8) is 0 Å². The third kappa shape index (κ3) is 28.1. The summed E-state index contributed by atoms with van der Waals surface area (Å²) in [5.41, 5.74) is 9.35. The summed E-state index contributed by atoms with van der Waals surface area (Å²) in [7, 11) is 0. The summed E-state index contributed by atoms with van der Waals surface area (Å²) in [5.74, 6) is -0.705. The van der Waals surface area contributed by atoms with Gasteiger partial charge in [0.2, 0.25) is 23.3 Å². The van der Waals surface area contributed by atoms with E-state index in [1.54, 1.807) is 69.7 Å². The molecular formula is C59H46F4N22. The number of pyridine rings is 6. The number of rotatable bonds is 0. The third-order valence-electron chi connectivity index (χ3n) is 9.48. The minimum atomic E-state index is -1.08. The highest BCUT2D eigenvalue weighted by Gasteiger charge is 2.05. The Morgan fingerprint density at radius 2 is 0.953 bits per heavy atom. The molecule has 22 nitrogen and oxygen atoms in total. The lowest BCUT2D eigenvalue weighted by atomic mass is 10.2. The van der Waals surface area contributed by atoms with Gasteiger partial charge in [-0.25, -0.2) is 39.2 Å². The maximum absolute atomic E-state index is 12.0. The summed E-state index contributed by atoms with van der Waals surface area (Å²) < 4.78 is 47.9. The lowest BCUT2D eigenvalue weighted by Crippen LogP contribution is -1.99. The largest absolute Gasteiger partial charge is 0.362 e. The Morgan fingerprint density at radius 1 is 0.412 bits per heavy atom. The molecule has 0 atom stereocenters. The van der Waals surface area contributed by atoms with E-state index >= 15 is 0 Å². The van der Waals surface area contributed by atoms with Crippen LogP contribution in [0.15, 0.2) is 116 Å². The van der Waals surface area contributed by atoms with E-state index in [1.807, 2.05) is 70.2 Å². The molecule has 0 aliphatic heterocycles. The molecule has 85 heavy (non-hydrogen) atoms. The number of hydrogen-bond donors (Lipinski definition) is 0. The summed E-state index contributed by atoms with van der Waals surface area (Å²) in [6.45, 7) is 62.4. The molecule has 0 spiro atoms. The molecule has 9 aromatic heterocycles. The highest BCUT2D eigenvalue weighted by atomic mass is 19.2. The molecule has 9 rings (SSSR count). The first-order valence-corrected chi connectivity index (χ1v) is 23.6. The zero-order chi connectivity index (χ0) is 63.7. The minimum Gasteiger partial charge on any atom is -0.362 e. The van der Waals surface area contributed by atoms with Crippen molar-refractivity contribution in [1.29, 1.82) is 10.5 Å². The molecule has 0 aliphatic carbocycles. The first-order chi connectivity index (χ1) is 40.6. The van der Waals surface area contributed by atoms with E-state index in [4.69, 9.17) is 56.5 Å². The molecule has 0 saturated carbocycles. The molecule has 0 radical (unpaired) electrons. The molecule has 0 bridgehead atoms. The smallest absolute Gasteiger partial charge is 0.314 e. The van der Waals surface area contributed by atoms with E-state index in [9.17, 15) is 17.6 Å². The van der Waals surface area contributed by atoms with Crippen LogP contribution in [0.25, 0.3) is 33.9 Å². The van der Waals surface area contributed by atoms with Gasteiger partial charge in [0, 0.05) is 59.8 Å². The summed E-state index contributed by atoms with van der Waals surface area (Å²) in [6, 6.07) is 22.4. The van der Waals surface area contributed by atoms with Gasteiger partial charge in [-0.15, -0.1) is 9.97 Å². The monoisotopic (exact) mass is 1140 g/mol. The molecule has 26 heteroatoms. The van der Waals surface area contributed by atoms with Gasteiger partial charge in [0.15, 0.2) is 17.1 Å². The van der Waals surface area contributed by atoms with E-state index in [0.29, 0.717) is 68.5 Å². The molecule has 0 amide bonds. The number of aromatic nitrogens is 13. The molecule has 0 aliphatic rings. The van der Waals surface area contributed by atoms with Crippen LogP contribution >= 0.6 is 0 Å². The Kier molecular flexibility index (Phi) is 32.7. The van der Waals surface area contributed by atoms with Crippen molar-refractivity contribution in [2.75, 3.05) is 0 Å². The second-order valence-corrected chi connectivity index (χ2v) is 15.7. The Morgan fingerprint density at radius 3 is 1.38 bits per heavy atom. The zero-order valence-corrected chi connectivity index (χ0v) is 46.8. The highest BCUT2D eigenvalue weighted by molar-refractivity contribution is 5.64. The first kappa shape index (κ1) is 70.2. The van der Waals surface area contributed by atoms with Crippen LogP contribution in [0, 0.1) is 155 Å². The molecular weight excluding hydrogens is 1090 g/mol. The molecule has 9 heterocycles. The summed E-state index contributed by atoms with van der Waals surface area (Å²) in [5, 5.41) is 16.7. The Labute approximate surface area is 488 Å². The third-order valence-corrected chi connectivity index (χ3v) is 9.48. The Bertz CT molecular complexity index is 3620. The lowest BCUT2D eigenvalue weighted by Gasteiger charge is -1.96. The van der Waals surface area contributed by atoms with Crippen LogP contribution < -0.4 is 0 Å². The molecule has 9 aromatic rings. The van der Waals surface area contributed by atoms with Gasteiger partial charge < -0.3 is 9.69 Å². The predicted octanol–water partition coefficient (Wildman–Crippen LogP) is 14.2. The molecule has 0 aromatic carbocycles. The van der Waals surface area contributed by atoms with Crippen molar-refractivity contribution >= 4 is 40.1 Å². The van der Waals surface area contributed by atoms with Crippen molar-refractivity contribution < 1.29 is 17.6 Å². The highest BCUT2D eigenvalue weighted by Crippen LogP contribution is 2.26. The van der Waals surface area contributed by atoms with Gasteiger partial charge in [-0.3, -0.25) is 24.9 Å². The van der Waals surface area contributed by atoms with Crippen LogP contribution in [0.5, 0.6) is 0 Å². The average molecular weight is 1140 g/mol. The number of nitrogens with zero attached hydrogens (tertiary/aromatic N) is 22. The van der Waals surface area contributed by atoms with Crippen molar-refractivity contribution in [2.24, 2.45) is 0 Å². The van der Waals surface area contributed by atoms with E-state index in [0.717, 1.165) is 28.3 Å². The van der Waals surface area contributed by atoms with Crippen LogP contribution in [0.4, 0.5) is 57.6 Å². The number of nitriles is 2. The molecule has 0 N–H and O–H groups in total. The van der Waals surface area contributed by atoms with E-state index in [2.05, 4.69) is 98.7 Å².